The molecule has 1 saturated carbocycles. The van der Waals surface area contributed by atoms with E-state index in [1.54, 1.807) is 7.05 Å². The van der Waals surface area contributed by atoms with Crippen molar-refractivity contribution in [3.63, 3.8) is 0 Å². The van der Waals surface area contributed by atoms with Gasteiger partial charge in [-0.05, 0) is 53.6 Å². The first-order chi connectivity index (χ1) is 9.32. The number of hydrogen-bond acceptors (Lipinski definition) is 4. The predicted octanol–water partition coefficient (Wildman–Crippen LogP) is 2.63. The SMILES string of the molecule is CC1CCC(N(C)S(=O)(=O)c2cc(Br)cnc2N)CC1. The molecule has 7 heteroatoms. The molecular formula is C13H20BrN3O2S. The molecule has 2 N–H and O–H groups in total. The first-order valence-electron chi connectivity index (χ1n) is 6.71. The van der Waals surface area contributed by atoms with Crippen LogP contribution >= 0.6 is 15.9 Å². The van der Waals surface area contributed by atoms with Gasteiger partial charge in [-0.1, -0.05) is 6.92 Å². The summed E-state index contributed by atoms with van der Waals surface area (Å²) in [4.78, 5) is 3.99. The molecule has 0 spiro atoms. The second-order valence-electron chi connectivity index (χ2n) is 5.47. The number of sulfonamides is 1. The van der Waals surface area contributed by atoms with Gasteiger partial charge in [-0.2, -0.15) is 4.31 Å². The second-order valence-corrected chi connectivity index (χ2v) is 8.35. The average molecular weight is 362 g/mol. The van der Waals surface area contributed by atoms with Crippen LogP contribution in [0.25, 0.3) is 0 Å². The van der Waals surface area contributed by atoms with Crippen molar-refractivity contribution in [2.75, 3.05) is 12.8 Å². The summed E-state index contributed by atoms with van der Waals surface area (Å²) in [6.45, 7) is 2.21. The normalized spacial score (nSPS) is 24.0. The fourth-order valence-corrected chi connectivity index (χ4v) is 4.58. The van der Waals surface area contributed by atoms with E-state index in [9.17, 15) is 8.42 Å². The lowest BCUT2D eigenvalue weighted by molar-refractivity contribution is 0.246. The van der Waals surface area contributed by atoms with Crippen LogP contribution in [0.5, 0.6) is 0 Å². The summed E-state index contributed by atoms with van der Waals surface area (Å²) in [5.41, 5.74) is 5.73. The zero-order valence-electron chi connectivity index (χ0n) is 11.7. The Balaban J connectivity index is 2.27. The molecule has 0 saturated heterocycles. The number of nitrogen functional groups attached to an aromatic ring is 1. The Morgan fingerprint density at radius 1 is 1.35 bits per heavy atom. The van der Waals surface area contributed by atoms with Gasteiger partial charge >= 0.3 is 0 Å². The molecule has 5 nitrogen and oxygen atoms in total. The number of nitrogens with two attached hydrogens (primary N) is 1. The predicted molar refractivity (Wildman–Crippen MR) is 82.7 cm³/mol. The van der Waals surface area contributed by atoms with E-state index >= 15 is 0 Å². The van der Waals surface area contributed by atoms with E-state index in [1.807, 2.05) is 0 Å². The van der Waals surface area contributed by atoms with E-state index in [0.717, 1.165) is 25.7 Å². The maximum absolute atomic E-state index is 12.7. The summed E-state index contributed by atoms with van der Waals surface area (Å²) < 4.78 is 27.4. The molecule has 20 heavy (non-hydrogen) atoms. The smallest absolute Gasteiger partial charge is 0.246 e. The molecule has 0 aliphatic heterocycles. The van der Waals surface area contributed by atoms with Gasteiger partial charge < -0.3 is 5.73 Å². The number of anilines is 1. The first kappa shape index (κ1) is 15.7. The summed E-state index contributed by atoms with van der Waals surface area (Å²) in [5.74, 6) is 0.726. The molecule has 1 heterocycles. The molecule has 1 aromatic rings. The van der Waals surface area contributed by atoms with Crippen LogP contribution in [0.1, 0.15) is 32.6 Å². The standard InChI is InChI=1S/C13H20BrN3O2S/c1-9-3-5-11(6-4-9)17(2)20(18,19)12-7-10(14)8-16-13(12)15/h7-9,11H,3-6H2,1-2H3,(H2,15,16). The van der Waals surface area contributed by atoms with Crippen molar-refractivity contribution in [1.82, 2.24) is 9.29 Å². The van der Waals surface area contributed by atoms with Crippen molar-refractivity contribution in [1.29, 1.82) is 0 Å². The van der Waals surface area contributed by atoms with Gasteiger partial charge in [0.2, 0.25) is 10.0 Å². The third-order valence-corrected chi connectivity index (χ3v) is 6.38. The minimum absolute atomic E-state index is 0.0456. The van der Waals surface area contributed by atoms with Crippen molar-refractivity contribution < 1.29 is 8.42 Å². The van der Waals surface area contributed by atoms with E-state index in [0.29, 0.717) is 10.4 Å². The maximum Gasteiger partial charge on any atom is 0.246 e. The van der Waals surface area contributed by atoms with E-state index in [2.05, 4.69) is 27.8 Å². The zero-order chi connectivity index (χ0) is 14.9. The van der Waals surface area contributed by atoms with Crippen LogP contribution in [0.2, 0.25) is 0 Å². The molecule has 1 aliphatic carbocycles. The quantitative estimate of drug-likeness (QED) is 0.897. The van der Waals surface area contributed by atoms with Gasteiger partial charge in [0.25, 0.3) is 0 Å². The zero-order valence-corrected chi connectivity index (χ0v) is 14.1. The first-order valence-corrected chi connectivity index (χ1v) is 8.94. The van der Waals surface area contributed by atoms with Gasteiger partial charge in [-0.15, -0.1) is 0 Å². The van der Waals surface area contributed by atoms with Gasteiger partial charge in [0.1, 0.15) is 10.7 Å². The van der Waals surface area contributed by atoms with Crippen molar-refractivity contribution in [3.8, 4) is 0 Å². The lowest BCUT2D eigenvalue weighted by Crippen LogP contribution is -2.39. The molecule has 1 aliphatic rings. The number of halogens is 1. The summed E-state index contributed by atoms with van der Waals surface area (Å²) >= 11 is 3.24. The summed E-state index contributed by atoms with van der Waals surface area (Å²) in [6.07, 6.45) is 5.43. The van der Waals surface area contributed by atoms with Crippen molar-refractivity contribution in [2.45, 2.75) is 43.5 Å². The molecule has 0 aromatic carbocycles. The largest absolute Gasteiger partial charge is 0.383 e. The highest BCUT2D eigenvalue weighted by molar-refractivity contribution is 9.10. The molecule has 1 aromatic heterocycles. The van der Waals surface area contributed by atoms with Crippen LogP contribution in [0, 0.1) is 5.92 Å². The molecule has 1 fully saturated rings. The van der Waals surface area contributed by atoms with E-state index in [-0.39, 0.29) is 16.8 Å². The molecule has 0 atom stereocenters. The van der Waals surface area contributed by atoms with Crippen molar-refractivity contribution in [3.05, 3.63) is 16.7 Å². The molecule has 2 rings (SSSR count). The third-order valence-electron chi connectivity index (χ3n) is 4.01. The number of pyridine rings is 1. The Labute approximate surface area is 128 Å². The van der Waals surface area contributed by atoms with Crippen LogP contribution in [-0.2, 0) is 10.0 Å². The van der Waals surface area contributed by atoms with Crippen LogP contribution in [0.3, 0.4) is 0 Å². The fraction of sp³-hybridized carbons (Fsp3) is 0.615. The van der Waals surface area contributed by atoms with Crippen molar-refractivity contribution >= 4 is 31.8 Å². The minimum atomic E-state index is -3.59. The highest BCUT2D eigenvalue weighted by Crippen LogP contribution is 2.31. The van der Waals surface area contributed by atoms with Gasteiger partial charge in [0, 0.05) is 23.8 Å². The highest BCUT2D eigenvalue weighted by atomic mass is 79.9. The fourth-order valence-electron chi connectivity index (χ4n) is 2.60. The monoisotopic (exact) mass is 361 g/mol. The van der Waals surface area contributed by atoms with Crippen molar-refractivity contribution in [2.24, 2.45) is 5.92 Å². The molecule has 0 radical (unpaired) electrons. The number of nitrogens with zero attached hydrogens (tertiary/aromatic N) is 2. The summed E-state index contributed by atoms with van der Waals surface area (Å²) in [5, 5.41) is 0. The molecule has 0 unspecified atom stereocenters. The summed E-state index contributed by atoms with van der Waals surface area (Å²) in [7, 11) is -1.96. The third kappa shape index (κ3) is 3.15. The lowest BCUT2D eigenvalue weighted by atomic mass is 9.87. The van der Waals surface area contributed by atoms with Gasteiger partial charge in [0.15, 0.2) is 0 Å². The second kappa shape index (κ2) is 5.99. The van der Waals surface area contributed by atoms with E-state index in [1.165, 1.54) is 16.6 Å². The number of rotatable bonds is 3. The molecule has 0 bridgehead atoms. The molecule has 0 amide bonds. The van der Waals surface area contributed by atoms with E-state index < -0.39 is 10.0 Å². The van der Waals surface area contributed by atoms with Gasteiger partial charge in [-0.3, -0.25) is 0 Å². The van der Waals surface area contributed by atoms with Crippen LogP contribution in [0.4, 0.5) is 5.82 Å². The highest BCUT2D eigenvalue weighted by Gasteiger charge is 2.32. The van der Waals surface area contributed by atoms with Gasteiger partial charge in [-0.25, -0.2) is 13.4 Å². The van der Waals surface area contributed by atoms with Crippen LogP contribution < -0.4 is 5.73 Å². The maximum atomic E-state index is 12.7. The van der Waals surface area contributed by atoms with Crippen LogP contribution in [-0.4, -0.2) is 30.8 Å². The summed E-state index contributed by atoms with van der Waals surface area (Å²) in [6, 6.07) is 1.56. The Morgan fingerprint density at radius 3 is 2.55 bits per heavy atom. The Kier molecular flexibility index (Phi) is 4.71. The van der Waals surface area contributed by atoms with E-state index in [4.69, 9.17) is 5.73 Å². The van der Waals surface area contributed by atoms with Gasteiger partial charge in [0.05, 0.1) is 0 Å². The Bertz CT molecular complexity index is 583. The topological polar surface area (TPSA) is 76.3 Å². The number of aromatic nitrogens is 1. The molecule has 112 valence electrons. The Hall–Kier alpha value is -0.660. The average Bonchev–Trinajstić information content (AvgIpc) is 2.41. The minimum Gasteiger partial charge on any atom is -0.383 e. The number of hydrogen-bond donors (Lipinski definition) is 1. The lowest BCUT2D eigenvalue weighted by Gasteiger charge is -2.32. The Morgan fingerprint density at radius 2 is 1.95 bits per heavy atom. The van der Waals surface area contributed by atoms with Crippen LogP contribution in [0.15, 0.2) is 21.6 Å². The molecular weight excluding hydrogens is 342 g/mol.